The van der Waals surface area contributed by atoms with Crippen LogP contribution < -0.4 is 5.32 Å². The summed E-state index contributed by atoms with van der Waals surface area (Å²) in [6.07, 6.45) is 2.59. The number of rotatable bonds is 5. The van der Waals surface area contributed by atoms with Crippen molar-refractivity contribution in [1.82, 2.24) is 4.98 Å². The molecular weight excluding hydrogens is 252 g/mol. The van der Waals surface area contributed by atoms with Gasteiger partial charge >= 0.3 is 0 Å². The monoisotopic (exact) mass is 270 g/mol. The lowest BCUT2D eigenvalue weighted by Crippen LogP contribution is -2.40. The quantitative estimate of drug-likeness (QED) is 0.877. The number of hydrogen-bond acceptors (Lipinski definition) is 3. The van der Waals surface area contributed by atoms with Crippen LogP contribution in [0.4, 0.5) is 5.82 Å². The smallest absolute Gasteiger partial charge is 0.257 e. The highest BCUT2D eigenvalue weighted by molar-refractivity contribution is 5.96. The maximum atomic E-state index is 12.1. The lowest BCUT2D eigenvalue weighted by atomic mass is 9.96. The highest BCUT2D eigenvalue weighted by Crippen LogP contribution is 2.16. The predicted molar refractivity (Wildman–Crippen MR) is 78.3 cm³/mol. The molecule has 0 spiro atoms. The third-order valence-electron chi connectivity index (χ3n) is 3.14. The normalized spacial score (nSPS) is 13.5. The van der Waals surface area contributed by atoms with Crippen LogP contribution in [0.3, 0.4) is 0 Å². The standard InChI is InChI=1S/C16H18N2O2/c1-16(20,11-10-13-7-3-2-4-8-13)15(19)18-14-9-5-6-12-17-14/h2-9,12,20H,10-11H2,1H3,(H,17,18,19)/t16-/m0/s1. The van der Waals surface area contributed by atoms with Crippen LogP contribution in [0.25, 0.3) is 0 Å². The zero-order valence-electron chi connectivity index (χ0n) is 11.4. The maximum absolute atomic E-state index is 12.1. The van der Waals surface area contributed by atoms with E-state index in [1.807, 2.05) is 30.3 Å². The van der Waals surface area contributed by atoms with E-state index in [-0.39, 0.29) is 0 Å². The fraction of sp³-hybridized carbons (Fsp3) is 0.250. The summed E-state index contributed by atoms with van der Waals surface area (Å²) in [5, 5.41) is 12.9. The molecule has 4 heteroatoms. The van der Waals surface area contributed by atoms with Gasteiger partial charge in [0, 0.05) is 6.20 Å². The zero-order valence-corrected chi connectivity index (χ0v) is 11.4. The van der Waals surface area contributed by atoms with Gasteiger partial charge in [-0.25, -0.2) is 4.98 Å². The Kier molecular flexibility index (Phi) is 4.48. The number of pyridine rings is 1. The molecule has 1 aromatic heterocycles. The third-order valence-corrected chi connectivity index (χ3v) is 3.14. The molecule has 1 aromatic carbocycles. The Labute approximate surface area is 118 Å². The molecule has 1 amide bonds. The van der Waals surface area contributed by atoms with Crippen molar-refractivity contribution >= 4 is 11.7 Å². The molecule has 4 nitrogen and oxygen atoms in total. The number of carbonyl (C=O) groups is 1. The summed E-state index contributed by atoms with van der Waals surface area (Å²) in [5.41, 5.74) is -0.328. The van der Waals surface area contributed by atoms with Gasteiger partial charge in [0.05, 0.1) is 0 Å². The average molecular weight is 270 g/mol. The Bertz CT molecular complexity index is 553. The Morgan fingerprint density at radius 2 is 1.90 bits per heavy atom. The van der Waals surface area contributed by atoms with Gasteiger partial charge in [-0.05, 0) is 37.5 Å². The minimum atomic E-state index is -1.42. The van der Waals surface area contributed by atoms with E-state index in [2.05, 4.69) is 10.3 Å². The molecule has 104 valence electrons. The van der Waals surface area contributed by atoms with Gasteiger partial charge in [0.15, 0.2) is 0 Å². The molecule has 1 atom stereocenters. The van der Waals surface area contributed by atoms with Crippen molar-refractivity contribution in [3.8, 4) is 0 Å². The van der Waals surface area contributed by atoms with Crippen LogP contribution in [0.15, 0.2) is 54.7 Å². The van der Waals surface area contributed by atoms with Gasteiger partial charge in [0.2, 0.25) is 0 Å². The van der Waals surface area contributed by atoms with Crippen molar-refractivity contribution in [2.75, 3.05) is 5.32 Å². The van der Waals surface area contributed by atoms with Crippen LogP contribution in [0.2, 0.25) is 0 Å². The summed E-state index contributed by atoms with van der Waals surface area (Å²) in [5.74, 6) is 0.00428. The number of nitrogens with zero attached hydrogens (tertiary/aromatic N) is 1. The summed E-state index contributed by atoms with van der Waals surface area (Å²) < 4.78 is 0. The van der Waals surface area contributed by atoms with E-state index in [1.54, 1.807) is 24.4 Å². The van der Waals surface area contributed by atoms with Gasteiger partial charge in [0.1, 0.15) is 11.4 Å². The van der Waals surface area contributed by atoms with E-state index >= 15 is 0 Å². The summed E-state index contributed by atoms with van der Waals surface area (Å²) in [6.45, 7) is 1.52. The van der Waals surface area contributed by atoms with Crippen molar-refractivity contribution in [2.24, 2.45) is 0 Å². The summed E-state index contributed by atoms with van der Waals surface area (Å²) in [7, 11) is 0. The molecule has 0 unspecified atom stereocenters. The molecular formula is C16H18N2O2. The van der Waals surface area contributed by atoms with Crippen molar-refractivity contribution in [2.45, 2.75) is 25.4 Å². The first kappa shape index (κ1) is 14.2. The molecule has 0 saturated carbocycles. The molecule has 0 fully saturated rings. The average Bonchev–Trinajstić information content (AvgIpc) is 2.47. The number of nitrogens with one attached hydrogen (secondary N) is 1. The van der Waals surface area contributed by atoms with E-state index in [0.29, 0.717) is 18.7 Å². The number of amides is 1. The highest BCUT2D eigenvalue weighted by atomic mass is 16.3. The van der Waals surface area contributed by atoms with Crippen LogP contribution in [-0.2, 0) is 11.2 Å². The minimum absolute atomic E-state index is 0.357. The van der Waals surface area contributed by atoms with Crippen LogP contribution in [0, 0.1) is 0 Å². The van der Waals surface area contributed by atoms with E-state index < -0.39 is 11.5 Å². The number of aliphatic hydroxyl groups is 1. The van der Waals surface area contributed by atoms with Gasteiger partial charge in [-0.3, -0.25) is 4.79 Å². The second-order valence-electron chi connectivity index (χ2n) is 4.93. The van der Waals surface area contributed by atoms with Crippen molar-refractivity contribution in [1.29, 1.82) is 0 Å². The van der Waals surface area contributed by atoms with Gasteiger partial charge in [-0.15, -0.1) is 0 Å². The lowest BCUT2D eigenvalue weighted by Gasteiger charge is -2.22. The van der Waals surface area contributed by atoms with Gasteiger partial charge in [-0.2, -0.15) is 0 Å². The first-order valence-electron chi connectivity index (χ1n) is 6.57. The first-order valence-corrected chi connectivity index (χ1v) is 6.57. The third kappa shape index (κ3) is 3.90. The molecule has 0 aliphatic rings. The Morgan fingerprint density at radius 3 is 2.55 bits per heavy atom. The first-order chi connectivity index (χ1) is 9.58. The maximum Gasteiger partial charge on any atom is 0.257 e. The lowest BCUT2D eigenvalue weighted by molar-refractivity contribution is -0.132. The second kappa shape index (κ2) is 6.30. The van der Waals surface area contributed by atoms with Crippen LogP contribution in [0.5, 0.6) is 0 Å². The molecule has 0 aliphatic carbocycles. The number of anilines is 1. The molecule has 2 rings (SSSR count). The van der Waals surface area contributed by atoms with Crippen molar-refractivity contribution < 1.29 is 9.90 Å². The van der Waals surface area contributed by atoms with E-state index in [4.69, 9.17) is 0 Å². The van der Waals surface area contributed by atoms with Gasteiger partial charge < -0.3 is 10.4 Å². The molecule has 20 heavy (non-hydrogen) atoms. The fourth-order valence-electron chi connectivity index (χ4n) is 1.83. The number of hydrogen-bond donors (Lipinski definition) is 2. The predicted octanol–water partition coefficient (Wildman–Crippen LogP) is 2.40. The van der Waals surface area contributed by atoms with Gasteiger partial charge in [-0.1, -0.05) is 36.4 Å². The number of carbonyl (C=O) groups excluding carboxylic acids is 1. The van der Waals surface area contributed by atoms with Crippen LogP contribution in [0.1, 0.15) is 18.9 Å². The molecule has 0 aliphatic heterocycles. The number of benzene rings is 1. The molecule has 2 N–H and O–H groups in total. The van der Waals surface area contributed by atoms with E-state index in [0.717, 1.165) is 5.56 Å². The van der Waals surface area contributed by atoms with Crippen molar-refractivity contribution in [3.63, 3.8) is 0 Å². The topological polar surface area (TPSA) is 62.2 Å². The van der Waals surface area contributed by atoms with E-state index in [1.165, 1.54) is 6.92 Å². The Hall–Kier alpha value is -2.20. The number of aromatic nitrogens is 1. The largest absolute Gasteiger partial charge is 0.380 e. The Morgan fingerprint density at radius 1 is 1.20 bits per heavy atom. The summed E-state index contributed by atoms with van der Waals surface area (Å²) in [6, 6.07) is 15.0. The van der Waals surface area contributed by atoms with Gasteiger partial charge in [0.25, 0.3) is 5.91 Å². The minimum Gasteiger partial charge on any atom is -0.380 e. The molecule has 1 heterocycles. The molecule has 0 bridgehead atoms. The second-order valence-corrected chi connectivity index (χ2v) is 4.93. The fourth-order valence-corrected chi connectivity index (χ4v) is 1.83. The van der Waals surface area contributed by atoms with E-state index in [9.17, 15) is 9.90 Å². The SMILES string of the molecule is C[C@](O)(CCc1ccccc1)C(=O)Nc1ccccn1. The molecule has 2 aromatic rings. The zero-order chi connectivity index (χ0) is 14.4. The summed E-state index contributed by atoms with van der Waals surface area (Å²) in [4.78, 5) is 16.1. The highest BCUT2D eigenvalue weighted by Gasteiger charge is 2.30. The van der Waals surface area contributed by atoms with Crippen LogP contribution >= 0.6 is 0 Å². The van der Waals surface area contributed by atoms with Crippen molar-refractivity contribution in [3.05, 3.63) is 60.3 Å². The number of aryl methyl sites for hydroxylation is 1. The Balaban J connectivity index is 1.94. The van der Waals surface area contributed by atoms with Crippen LogP contribution in [-0.4, -0.2) is 21.6 Å². The summed E-state index contributed by atoms with van der Waals surface area (Å²) >= 11 is 0. The molecule has 0 radical (unpaired) electrons. The molecule has 0 saturated heterocycles.